The van der Waals surface area contributed by atoms with Crippen LogP contribution in [0.4, 0.5) is 11.4 Å². The Labute approximate surface area is 152 Å². The highest BCUT2D eigenvalue weighted by Crippen LogP contribution is 2.27. The van der Waals surface area contributed by atoms with Crippen LogP contribution in [0.5, 0.6) is 0 Å². The van der Waals surface area contributed by atoms with Crippen LogP contribution in [0, 0.1) is 6.92 Å². The largest absolute Gasteiger partial charge is 0.343 e. The van der Waals surface area contributed by atoms with Crippen molar-refractivity contribution in [3.05, 3.63) is 59.7 Å². The fourth-order valence-electron chi connectivity index (χ4n) is 3.00. The van der Waals surface area contributed by atoms with E-state index in [1.54, 1.807) is 35.2 Å². The highest BCUT2D eigenvalue weighted by Gasteiger charge is 2.23. The van der Waals surface area contributed by atoms with Gasteiger partial charge >= 0.3 is 0 Å². The number of nitrogens with one attached hydrogen (secondary N) is 2. The number of nitrogens with zero attached hydrogens (tertiary/aromatic N) is 1. The first-order valence-electron chi connectivity index (χ1n) is 8.59. The van der Waals surface area contributed by atoms with E-state index < -0.39 is 0 Å². The summed E-state index contributed by atoms with van der Waals surface area (Å²) < 4.78 is 0. The summed E-state index contributed by atoms with van der Waals surface area (Å²) in [5, 5.41) is 5.35. The molecule has 1 fully saturated rings. The van der Waals surface area contributed by atoms with Gasteiger partial charge in [-0.1, -0.05) is 18.2 Å². The van der Waals surface area contributed by atoms with Gasteiger partial charge in [-0.05, 0) is 49.2 Å². The fourth-order valence-corrected chi connectivity index (χ4v) is 3.00. The van der Waals surface area contributed by atoms with Crippen molar-refractivity contribution in [2.45, 2.75) is 19.8 Å². The Morgan fingerprint density at radius 3 is 2.54 bits per heavy atom. The lowest BCUT2D eigenvalue weighted by molar-refractivity contribution is -0.117. The van der Waals surface area contributed by atoms with E-state index in [9.17, 15) is 14.4 Å². The lowest BCUT2D eigenvalue weighted by atomic mass is 10.1. The molecule has 0 aromatic heterocycles. The van der Waals surface area contributed by atoms with Crippen LogP contribution in [0.15, 0.2) is 48.5 Å². The number of benzene rings is 2. The van der Waals surface area contributed by atoms with Crippen molar-refractivity contribution in [2.75, 3.05) is 23.3 Å². The minimum atomic E-state index is -0.307. The Bertz CT molecular complexity index is 833. The second-order valence-electron chi connectivity index (χ2n) is 6.25. The van der Waals surface area contributed by atoms with Gasteiger partial charge in [0.05, 0.1) is 6.54 Å². The molecule has 0 unspecified atom stereocenters. The third-order valence-corrected chi connectivity index (χ3v) is 4.29. The van der Waals surface area contributed by atoms with Crippen LogP contribution in [0.25, 0.3) is 0 Å². The number of anilines is 2. The van der Waals surface area contributed by atoms with Gasteiger partial charge < -0.3 is 15.5 Å². The van der Waals surface area contributed by atoms with Gasteiger partial charge in [-0.2, -0.15) is 0 Å². The summed E-state index contributed by atoms with van der Waals surface area (Å²) in [4.78, 5) is 37.7. The molecule has 0 spiro atoms. The van der Waals surface area contributed by atoms with Crippen molar-refractivity contribution in [2.24, 2.45) is 0 Å². The molecular weight excluding hydrogens is 330 g/mol. The summed E-state index contributed by atoms with van der Waals surface area (Å²) in [6, 6.07) is 14.2. The van der Waals surface area contributed by atoms with Gasteiger partial charge in [0.1, 0.15) is 0 Å². The fraction of sp³-hybridized carbons (Fsp3) is 0.250. The molecule has 3 amide bonds. The number of carbonyl (C=O) groups is 3. The Kier molecular flexibility index (Phi) is 5.31. The normalized spacial score (nSPS) is 13.6. The lowest BCUT2D eigenvalue weighted by Gasteiger charge is -2.19. The molecule has 2 N–H and O–H groups in total. The molecule has 2 aromatic rings. The monoisotopic (exact) mass is 351 g/mol. The minimum Gasteiger partial charge on any atom is -0.343 e. The Balaban J connectivity index is 1.57. The first-order chi connectivity index (χ1) is 12.5. The standard InChI is InChI=1S/C20H21N3O3/c1-14-12-16(9-10-17(14)23-11-5-8-19(23)25)22-18(24)13-21-20(26)15-6-3-2-4-7-15/h2-4,6-7,9-10,12H,5,8,11,13H2,1H3,(H,21,26)(H,22,24). The van der Waals surface area contributed by atoms with Crippen LogP contribution in [0.2, 0.25) is 0 Å². The smallest absolute Gasteiger partial charge is 0.251 e. The minimum absolute atomic E-state index is 0.112. The van der Waals surface area contributed by atoms with E-state index in [-0.39, 0.29) is 24.3 Å². The average Bonchev–Trinajstić information content (AvgIpc) is 3.06. The van der Waals surface area contributed by atoms with Gasteiger partial charge in [0.25, 0.3) is 5.91 Å². The highest BCUT2D eigenvalue weighted by molar-refractivity contribution is 6.00. The van der Waals surface area contributed by atoms with Crippen LogP contribution < -0.4 is 15.5 Å². The van der Waals surface area contributed by atoms with E-state index in [0.29, 0.717) is 17.7 Å². The van der Waals surface area contributed by atoms with Crippen LogP contribution in [0.3, 0.4) is 0 Å². The Morgan fingerprint density at radius 1 is 1.12 bits per heavy atom. The zero-order valence-corrected chi connectivity index (χ0v) is 14.6. The lowest BCUT2D eigenvalue weighted by Crippen LogP contribution is -2.32. The van der Waals surface area contributed by atoms with E-state index in [1.807, 2.05) is 25.1 Å². The summed E-state index contributed by atoms with van der Waals surface area (Å²) in [6.07, 6.45) is 1.46. The van der Waals surface area contributed by atoms with E-state index >= 15 is 0 Å². The molecule has 0 atom stereocenters. The molecule has 0 aliphatic carbocycles. The average molecular weight is 351 g/mol. The molecule has 0 radical (unpaired) electrons. The first-order valence-corrected chi connectivity index (χ1v) is 8.59. The van der Waals surface area contributed by atoms with Gasteiger partial charge in [0, 0.05) is 29.9 Å². The summed E-state index contributed by atoms with van der Waals surface area (Å²) >= 11 is 0. The van der Waals surface area contributed by atoms with E-state index in [2.05, 4.69) is 10.6 Å². The number of amides is 3. The second-order valence-corrected chi connectivity index (χ2v) is 6.25. The molecule has 1 saturated heterocycles. The number of rotatable bonds is 5. The maximum atomic E-state index is 12.1. The van der Waals surface area contributed by atoms with Crippen molar-refractivity contribution in [1.82, 2.24) is 5.32 Å². The number of hydrogen-bond donors (Lipinski definition) is 2. The maximum absolute atomic E-state index is 12.1. The Morgan fingerprint density at radius 2 is 1.88 bits per heavy atom. The molecule has 26 heavy (non-hydrogen) atoms. The third-order valence-electron chi connectivity index (χ3n) is 4.29. The molecule has 0 bridgehead atoms. The molecule has 6 heteroatoms. The topological polar surface area (TPSA) is 78.5 Å². The molecule has 2 aromatic carbocycles. The zero-order chi connectivity index (χ0) is 18.5. The predicted octanol–water partition coefficient (Wildman–Crippen LogP) is 2.49. The van der Waals surface area contributed by atoms with Crippen molar-refractivity contribution >= 4 is 29.1 Å². The molecular formula is C20H21N3O3. The quantitative estimate of drug-likeness (QED) is 0.869. The molecule has 3 rings (SSSR count). The van der Waals surface area contributed by atoms with Crippen molar-refractivity contribution < 1.29 is 14.4 Å². The van der Waals surface area contributed by atoms with Gasteiger partial charge in [-0.25, -0.2) is 0 Å². The van der Waals surface area contributed by atoms with E-state index in [0.717, 1.165) is 24.2 Å². The van der Waals surface area contributed by atoms with Gasteiger partial charge in [-0.3, -0.25) is 14.4 Å². The predicted molar refractivity (Wildman–Crippen MR) is 100 cm³/mol. The Hall–Kier alpha value is -3.15. The highest BCUT2D eigenvalue weighted by atomic mass is 16.2. The number of aryl methyl sites for hydroxylation is 1. The van der Waals surface area contributed by atoms with Crippen molar-refractivity contribution in [3.8, 4) is 0 Å². The van der Waals surface area contributed by atoms with Crippen LogP contribution in [-0.4, -0.2) is 30.8 Å². The van der Waals surface area contributed by atoms with Crippen LogP contribution in [-0.2, 0) is 9.59 Å². The van der Waals surface area contributed by atoms with Crippen molar-refractivity contribution in [3.63, 3.8) is 0 Å². The molecule has 134 valence electrons. The number of hydrogen-bond acceptors (Lipinski definition) is 3. The number of carbonyl (C=O) groups excluding carboxylic acids is 3. The van der Waals surface area contributed by atoms with Gasteiger partial charge in [0.15, 0.2) is 0 Å². The van der Waals surface area contributed by atoms with Crippen molar-refractivity contribution in [1.29, 1.82) is 0 Å². The molecule has 0 saturated carbocycles. The summed E-state index contributed by atoms with van der Waals surface area (Å²) in [5.74, 6) is -0.466. The second kappa shape index (κ2) is 7.82. The maximum Gasteiger partial charge on any atom is 0.251 e. The van der Waals surface area contributed by atoms with Crippen LogP contribution >= 0.6 is 0 Å². The third kappa shape index (κ3) is 4.08. The first kappa shape index (κ1) is 17.7. The van der Waals surface area contributed by atoms with E-state index in [4.69, 9.17) is 0 Å². The summed E-state index contributed by atoms with van der Waals surface area (Å²) in [6.45, 7) is 2.53. The summed E-state index contributed by atoms with van der Waals surface area (Å²) in [5.41, 5.74) is 2.95. The molecule has 1 aliphatic rings. The molecule has 1 heterocycles. The van der Waals surface area contributed by atoms with E-state index in [1.165, 1.54) is 0 Å². The zero-order valence-electron chi connectivity index (χ0n) is 14.6. The summed E-state index contributed by atoms with van der Waals surface area (Å²) in [7, 11) is 0. The SMILES string of the molecule is Cc1cc(NC(=O)CNC(=O)c2ccccc2)ccc1N1CCCC1=O. The van der Waals surface area contributed by atoms with Gasteiger partial charge in [-0.15, -0.1) is 0 Å². The molecule has 1 aliphatic heterocycles. The molecule has 6 nitrogen and oxygen atoms in total. The van der Waals surface area contributed by atoms with Gasteiger partial charge in [0.2, 0.25) is 11.8 Å². The van der Waals surface area contributed by atoms with Crippen LogP contribution in [0.1, 0.15) is 28.8 Å².